The lowest BCUT2D eigenvalue weighted by Crippen LogP contribution is -2.47. The molecule has 156 valence electrons. The minimum absolute atomic E-state index is 0.0160. The van der Waals surface area contributed by atoms with Gasteiger partial charge in [-0.1, -0.05) is 0 Å². The Morgan fingerprint density at radius 1 is 1.21 bits per heavy atom. The van der Waals surface area contributed by atoms with Gasteiger partial charge >= 0.3 is 5.97 Å². The number of rotatable bonds is 5. The van der Waals surface area contributed by atoms with Crippen molar-refractivity contribution in [3.05, 3.63) is 24.3 Å². The third-order valence-electron chi connectivity index (χ3n) is 5.93. The van der Waals surface area contributed by atoms with Gasteiger partial charge in [-0.3, -0.25) is 9.59 Å². The summed E-state index contributed by atoms with van der Waals surface area (Å²) in [7, 11) is 0. The number of fused-ring (bicyclic) bond motifs is 1. The Morgan fingerprint density at radius 2 is 1.93 bits per heavy atom. The first kappa shape index (κ1) is 20.1. The van der Waals surface area contributed by atoms with Gasteiger partial charge in [-0.2, -0.15) is 0 Å². The number of nitrogens with zero attached hydrogens (tertiary/aromatic N) is 2. The molecule has 3 aliphatic heterocycles. The van der Waals surface area contributed by atoms with E-state index >= 15 is 0 Å². The summed E-state index contributed by atoms with van der Waals surface area (Å²) in [6.07, 6.45) is 4.92. The van der Waals surface area contributed by atoms with E-state index in [1.165, 1.54) is 19.3 Å². The van der Waals surface area contributed by atoms with Crippen LogP contribution in [0.3, 0.4) is 0 Å². The second-order valence-corrected chi connectivity index (χ2v) is 9.52. The molecule has 0 aromatic heterocycles. The molecule has 0 aliphatic carbocycles. The lowest BCUT2D eigenvalue weighted by molar-refractivity contribution is -0.155. The van der Waals surface area contributed by atoms with E-state index in [-0.39, 0.29) is 23.3 Å². The molecule has 0 saturated carbocycles. The molecule has 0 radical (unpaired) electrons. The Kier molecular flexibility index (Phi) is 5.72. The quantitative estimate of drug-likeness (QED) is 0.742. The van der Waals surface area contributed by atoms with Crippen molar-refractivity contribution in [3.63, 3.8) is 0 Å². The summed E-state index contributed by atoms with van der Waals surface area (Å²) in [5.41, 5.74) is 1.83. The van der Waals surface area contributed by atoms with E-state index in [0.717, 1.165) is 25.2 Å². The van der Waals surface area contributed by atoms with Crippen LogP contribution in [0.15, 0.2) is 24.3 Å². The molecule has 0 unspecified atom stereocenters. The first-order valence-electron chi connectivity index (χ1n) is 10.2. The summed E-state index contributed by atoms with van der Waals surface area (Å²) < 4.78 is 5.21. The first-order chi connectivity index (χ1) is 14.0. The van der Waals surface area contributed by atoms with Gasteiger partial charge in [0.25, 0.3) is 5.91 Å². The van der Waals surface area contributed by atoms with Crippen molar-refractivity contribution in [2.24, 2.45) is 0 Å². The molecule has 3 heterocycles. The summed E-state index contributed by atoms with van der Waals surface area (Å²) in [6, 6.07) is 7.14. The predicted octanol–water partition coefficient (Wildman–Crippen LogP) is 2.61. The largest absolute Gasteiger partial charge is 0.454 e. The van der Waals surface area contributed by atoms with Gasteiger partial charge < -0.3 is 19.9 Å². The van der Waals surface area contributed by atoms with Crippen LogP contribution in [0.2, 0.25) is 0 Å². The number of hydrogen-bond acceptors (Lipinski definition) is 6. The van der Waals surface area contributed by atoms with Crippen LogP contribution in [-0.2, 0) is 19.1 Å². The van der Waals surface area contributed by atoms with Crippen molar-refractivity contribution in [1.82, 2.24) is 4.90 Å². The summed E-state index contributed by atoms with van der Waals surface area (Å²) in [5, 5.41) is 2.76. The zero-order chi connectivity index (χ0) is 20.4. The maximum Gasteiger partial charge on any atom is 0.330 e. The van der Waals surface area contributed by atoms with Gasteiger partial charge in [0.05, 0.1) is 4.87 Å². The summed E-state index contributed by atoms with van der Waals surface area (Å²) in [4.78, 5) is 40.4. The molecule has 29 heavy (non-hydrogen) atoms. The number of nitrogens with one attached hydrogen (secondary N) is 1. The average Bonchev–Trinajstić information content (AvgIpc) is 3.23. The van der Waals surface area contributed by atoms with E-state index in [2.05, 4.69) is 10.2 Å². The topological polar surface area (TPSA) is 78.9 Å². The second kappa shape index (κ2) is 8.26. The highest BCUT2D eigenvalue weighted by Crippen LogP contribution is 2.47. The minimum Gasteiger partial charge on any atom is -0.454 e. The Labute approximate surface area is 175 Å². The van der Waals surface area contributed by atoms with E-state index in [9.17, 15) is 14.4 Å². The smallest absolute Gasteiger partial charge is 0.330 e. The molecule has 1 N–H and O–H groups in total. The Bertz CT molecular complexity index is 794. The van der Waals surface area contributed by atoms with Gasteiger partial charge in [0, 0.05) is 36.6 Å². The van der Waals surface area contributed by atoms with Crippen LogP contribution in [0, 0.1) is 0 Å². The second-order valence-electron chi connectivity index (χ2n) is 8.02. The van der Waals surface area contributed by atoms with Crippen LogP contribution in [0.5, 0.6) is 0 Å². The zero-order valence-electron chi connectivity index (χ0n) is 16.7. The van der Waals surface area contributed by atoms with E-state index in [0.29, 0.717) is 17.9 Å². The van der Waals surface area contributed by atoms with E-state index in [4.69, 9.17) is 4.74 Å². The number of carbonyl (C=O) groups is 3. The first-order valence-corrected chi connectivity index (χ1v) is 11.2. The molecule has 8 heteroatoms. The van der Waals surface area contributed by atoms with Crippen LogP contribution in [-0.4, -0.2) is 59.0 Å². The molecule has 0 spiro atoms. The van der Waals surface area contributed by atoms with Gasteiger partial charge in [0.1, 0.15) is 6.04 Å². The number of esters is 1. The van der Waals surface area contributed by atoms with Gasteiger partial charge in [0.2, 0.25) is 5.91 Å². The third-order valence-corrected chi connectivity index (χ3v) is 7.44. The standard InChI is InChI=1S/C21H27N3O4S/c1-21-10-9-19(26)24(21)17(14-29-21)20(27)28-13-18(25)22-15-5-7-16(8-6-15)23-11-3-2-4-12-23/h5-8,17H,2-4,9-14H2,1H3,(H,22,25)/t17-,21-/m1/s1. The molecule has 0 bridgehead atoms. The van der Waals surface area contributed by atoms with Gasteiger partial charge in [-0.05, 0) is 56.9 Å². The van der Waals surface area contributed by atoms with Crippen molar-refractivity contribution >= 4 is 40.9 Å². The maximum absolute atomic E-state index is 12.4. The molecule has 1 aromatic carbocycles. The molecular weight excluding hydrogens is 390 g/mol. The molecule has 2 amide bonds. The van der Waals surface area contributed by atoms with Crippen molar-refractivity contribution in [1.29, 1.82) is 0 Å². The normalized spacial score (nSPS) is 26.4. The maximum atomic E-state index is 12.4. The fourth-order valence-corrected chi connectivity index (χ4v) is 5.75. The number of amides is 2. The number of hydrogen-bond donors (Lipinski definition) is 1. The summed E-state index contributed by atoms with van der Waals surface area (Å²) in [6.45, 7) is 3.77. The molecule has 1 aromatic rings. The fraction of sp³-hybridized carbons (Fsp3) is 0.571. The highest BCUT2D eigenvalue weighted by atomic mass is 32.2. The molecule has 3 fully saturated rings. The number of carbonyl (C=O) groups excluding carboxylic acids is 3. The highest BCUT2D eigenvalue weighted by molar-refractivity contribution is 8.01. The lowest BCUT2D eigenvalue weighted by atomic mass is 10.1. The summed E-state index contributed by atoms with van der Waals surface area (Å²) >= 11 is 1.61. The van der Waals surface area contributed by atoms with Crippen LogP contribution >= 0.6 is 11.8 Å². The Morgan fingerprint density at radius 3 is 2.66 bits per heavy atom. The highest BCUT2D eigenvalue weighted by Gasteiger charge is 2.53. The number of benzene rings is 1. The molecule has 7 nitrogen and oxygen atoms in total. The third kappa shape index (κ3) is 4.22. The number of piperidine rings is 1. The summed E-state index contributed by atoms with van der Waals surface area (Å²) in [5.74, 6) is -0.393. The number of anilines is 2. The van der Waals surface area contributed by atoms with Crippen LogP contribution in [0.1, 0.15) is 39.0 Å². The molecule has 3 aliphatic rings. The predicted molar refractivity (Wildman–Crippen MR) is 113 cm³/mol. The van der Waals surface area contributed by atoms with E-state index in [1.807, 2.05) is 31.2 Å². The molecule has 3 saturated heterocycles. The number of thioether (sulfide) groups is 1. The van der Waals surface area contributed by atoms with Gasteiger partial charge in [-0.25, -0.2) is 4.79 Å². The molecule has 4 rings (SSSR count). The van der Waals surface area contributed by atoms with Gasteiger partial charge in [-0.15, -0.1) is 11.8 Å². The molecule has 2 atom stereocenters. The van der Waals surface area contributed by atoms with Crippen LogP contribution in [0.25, 0.3) is 0 Å². The monoisotopic (exact) mass is 417 g/mol. The Balaban J connectivity index is 1.27. The zero-order valence-corrected chi connectivity index (χ0v) is 17.5. The van der Waals surface area contributed by atoms with Crippen LogP contribution < -0.4 is 10.2 Å². The van der Waals surface area contributed by atoms with E-state index in [1.54, 1.807) is 16.7 Å². The Hall–Kier alpha value is -2.22. The minimum atomic E-state index is -0.600. The van der Waals surface area contributed by atoms with Gasteiger partial charge in [0.15, 0.2) is 6.61 Å². The van der Waals surface area contributed by atoms with Crippen molar-refractivity contribution in [2.45, 2.75) is 49.9 Å². The van der Waals surface area contributed by atoms with E-state index < -0.39 is 12.0 Å². The fourth-order valence-electron chi connectivity index (χ4n) is 4.33. The van der Waals surface area contributed by atoms with Crippen LogP contribution in [0.4, 0.5) is 11.4 Å². The van der Waals surface area contributed by atoms with Crippen molar-refractivity contribution in [2.75, 3.05) is 35.7 Å². The SMILES string of the molecule is C[C@@]12CCC(=O)N1[C@@H](C(=O)OCC(=O)Nc1ccc(N3CCCCC3)cc1)CS2. The average molecular weight is 418 g/mol. The van der Waals surface area contributed by atoms with Crippen molar-refractivity contribution in [3.8, 4) is 0 Å². The number of ether oxygens (including phenoxy) is 1. The van der Waals surface area contributed by atoms with Crippen molar-refractivity contribution < 1.29 is 19.1 Å². The molecular formula is C21H27N3O4S. The lowest BCUT2D eigenvalue weighted by Gasteiger charge is -2.29.